The predicted octanol–water partition coefficient (Wildman–Crippen LogP) is 2.14. The molecule has 0 spiro atoms. The molecule has 2 N–H and O–H groups in total. The minimum atomic E-state index is -0.948. The molecule has 0 atom stereocenters. The van der Waals surface area contributed by atoms with E-state index >= 15 is 0 Å². The Hall–Kier alpha value is -1.80. The van der Waals surface area contributed by atoms with Crippen molar-refractivity contribution in [2.24, 2.45) is 0 Å². The number of amides is 1. The van der Waals surface area contributed by atoms with E-state index < -0.39 is 11.4 Å². The predicted molar refractivity (Wildman–Crippen MR) is 77.2 cm³/mol. The van der Waals surface area contributed by atoms with Gasteiger partial charge >= 0.3 is 5.97 Å². The van der Waals surface area contributed by atoms with Gasteiger partial charge in [0.2, 0.25) is 5.91 Å². The minimum Gasteiger partial charge on any atom is -0.481 e. The fourth-order valence-corrected chi connectivity index (χ4v) is 2.95. The Morgan fingerprint density at radius 3 is 2.75 bits per heavy atom. The molecule has 0 aliphatic rings. The number of carboxylic acids is 1. The maximum Gasteiger partial charge on any atom is 0.309 e. The van der Waals surface area contributed by atoms with Crippen molar-refractivity contribution in [1.82, 2.24) is 9.97 Å². The van der Waals surface area contributed by atoms with Crippen molar-refractivity contribution in [3.63, 3.8) is 0 Å². The normalized spacial score (nSPS) is 11.3. The fourth-order valence-electron chi connectivity index (χ4n) is 1.48. The summed E-state index contributed by atoms with van der Waals surface area (Å²) < 4.78 is 0. The van der Waals surface area contributed by atoms with Gasteiger partial charge in [0.1, 0.15) is 5.01 Å². The van der Waals surface area contributed by atoms with Gasteiger partial charge in [-0.05, 0) is 13.8 Å². The van der Waals surface area contributed by atoms with Crippen LogP contribution in [0.2, 0.25) is 0 Å². The molecule has 2 heterocycles. The SMILES string of the molecule is CC(C)(C(=O)Nc1nc(CC(=O)O)cs1)c1nccs1. The third-order valence-corrected chi connectivity index (χ3v) is 4.54. The second-order valence-electron chi connectivity index (χ2n) is 4.63. The van der Waals surface area contributed by atoms with Gasteiger partial charge in [-0.25, -0.2) is 9.97 Å². The van der Waals surface area contributed by atoms with Crippen molar-refractivity contribution < 1.29 is 14.7 Å². The zero-order valence-corrected chi connectivity index (χ0v) is 12.5. The van der Waals surface area contributed by atoms with Crippen LogP contribution in [0.5, 0.6) is 0 Å². The topological polar surface area (TPSA) is 92.2 Å². The largest absolute Gasteiger partial charge is 0.481 e. The molecule has 0 fully saturated rings. The standard InChI is InChI=1S/C12H13N3O3S2/c1-12(2,10-13-3-4-19-10)9(18)15-11-14-7(6-20-11)5-8(16)17/h3-4,6H,5H2,1-2H3,(H,16,17)(H,14,15,18). The van der Waals surface area contributed by atoms with Crippen molar-refractivity contribution in [3.05, 3.63) is 27.7 Å². The van der Waals surface area contributed by atoms with Crippen LogP contribution in [0.25, 0.3) is 0 Å². The van der Waals surface area contributed by atoms with Crippen LogP contribution in [0.4, 0.5) is 5.13 Å². The number of carboxylic acid groups (broad SMARTS) is 1. The molecule has 0 bridgehead atoms. The van der Waals surface area contributed by atoms with Crippen molar-refractivity contribution >= 4 is 39.7 Å². The molecule has 106 valence electrons. The molecule has 6 nitrogen and oxygen atoms in total. The summed E-state index contributed by atoms with van der Waals surface area (Å²) in [7, 11) is 0. The molecule has 2 aromatic rings. The Kier molecular flexibility index (Phi) is 4.15. The lowest BCUT2D eigenvalue weighted by Crippen LogP contribution is -2.34. The molecule has 0 unspecified atom stereocenters. The van der Waals surface area contributed by atoms with Crippen molar-refractivity contribution in [1.29, 1.82) is 0 Å². The maximum absolute atomic E-state index is 12.3. The highest BCUT2D eigenvalue weighted by Gasteiger charge is 2.32. The highest BCUT2D eigenvalue weighted by atomic mass is 32.1. The molecule has 8 heteroatoms. The number of aromatic nitrogens is 2. The molecule has 2 aromatic heterocycles. The Balaban J connectivity index is 2.08. The molecule has 0 radical (unpaired) electrons. The van der Waals surface area contributed by atoms with Crippen LogP contribution < -0.4 is 5.32 Å². The van der Waals surface area contributed by atoms with Crippen molar-refractivity contribution in [3.8, 4) is 0 Å². The first-order valence-electron chi connectivity index (χ1n) is 5.77. The molecule has 0 aromatic carbocycles. The average molecular weight is 311 g/mol. The van der Waals surface area contributed by atoms with Crippen LogP contribution in [0.3, 0.4) is 0 Å². The lowest BCUT2D eigenvalue weighted by atomic mass is 9.93. The van der Waals surface area contributed by atoms with Crippen molar-refractivity contribution in [2.75, 3.05) is 5.32 Å². The zero-order valence-electron chi connectivity index (χ0n) is 10.9. The van der Waals surface area contributed by atoms with Gasteiger partial charge in [-0.1, -0.05) is 0 Å². The summed E-state index contributed by atoms with van der Waals surface area (Å²) >= 11 is 2.63. The number of thiazole rings is 2. The molecular formula is C12H13N3O3S2. The summed E-state index contributed by atoms with van der Waals surface area (Å²) in [6, 6.07) is 0. The fraction of sp³-hybridized carbons (Fsp3) is 0.333. The number of carbonyl (C=O) groups excluding carboxylic acids is 1. The van der Waals surface area contributed by atoms with E-state index in [1.807, 2.05) is 5.38 Å². The second kappa shape index (κ2) is 5.68. The number of nitrogens with one attached hydrogen (secondary N) is 1. The van der Waals surface area contributed by atoms with Gasteiger partial charge in [0.15, 0.2) is 5.13 Å². The van der Waals surface area contributed by atoms with Gasteiger partial charge in [0, 0.05) is 17.0 Å². The number of rotatable bonds is 5. The number of nitrogens with zero attached hydrogens (tertiary/aromatic N) is 2. The monoisotopic (exact) mass is 311 g/mol. The average Bonchev–Trinajstić information content (AvgIpc) is 2.99. The lowest BCUT2D eigenvalue weighted by Gasteiger charge is -2.19. The Labute approximate surface area is 123 Å². The van der Waals surface area contributed by atoms with E-state index in [1.165, 1.54) is 22.7 Å². The summed E-state index contributed by atoms with van der Waals surface area (Å²) in [6.07, 6.45) is 1.51. The van der Waals surface area contributed by atoms with Gasteiger partial charge in [-0.3, -0.25) is 9.59 Å². The highest BCUT2D eigenvalue weighted by molar-refractivity contribution is 7.14. The van der Waals surface area contributed by atoms with Gasteiger partial charge < -0.3 is 10.4 Å². The zero-order chi connectivity index (χ0) is 14.8. The molecule has 2 rings (SSSR count). The summed E-state index contributed by atoms with van der Waals surface area (Å²) in [5.74, 6) is -1.17. The van der Waals surface area contributed by atoms with Gasteiger partial charge in [0.25, 0.3) is 0 Å². The number of anilines is 1. The van der Waals surface area contributed by atoms with E-state index in [1.54, 1.807) is 25.4 Å². The first-order valence-corrected chi connectivity index (χ1v) is 7.53. The summed E-state index contributed by atoms with van der Waals surface area (Å²) in [4.78, 5) is 31.1. The number of carbonyl (C=O) groups is 2. The molecular weight excluding hydrogens is 298 g/mol. The van der Waals surface area contributed by atoms with Crippen LogP contribution in [0.15, 0.2) is 17.0 Å². The van der Waals surface area contributed by atoms with Gasteiger partial charge in [0.05, 0.1) is 17.5 Å². The Morgan fingerprint density at radius 1 is 1.40 bits per heavy atom. The van der Waals surface area contributed by atoms with E-state index in [0.29, 0.717) is 10.8 Å². The third-order valence-electron chi connectivity index (χ3n) is 2.64. The Bertz CT molecular complexity index is 620. The number of hydrogen-bond acceptors (Lipinski definition) is 6. The maximum atomic E-state index is 12.3. The van der Waals surface area contributed by atoms with E-state index in [2.05, 4.69) is 15.3 Å². The smallest absolute Gasteiger partial charge is 0.309 e. The minimum absolute atomic E-state index is 0.151. The quantitative estimate of drug-likeness (QED) is 0.882. The highest BCUT2D eigenvalue weighted by Crippen LogP contribution is 2.27. The van der Waals surface area contributed by atoms with E-state index in [-0.39, 0.29) is 12.3 Å². The second-order valence-corrected chi connectivity index (χ2v) is 6.38. The first kappa shape index (κ1) is 14.6. The van der Waals surface area contributed by atoms with E-state index in [0.717, 1.165) is 5.01 Å². The van der Waals surface area contributed by atoms with Crippen LogP contribution in [0.1, 0.15) is 24.5 Å². The number of hydrogen-bond donors (Lipinski definition) is 2. The lowest BCUT2D eigenvalue weighted by molar-refractivity contribution is -0.136. The third kappa shape index (κ3) is 3.20. The summed E-state index contributed by atoms with van der Waals surface area (Å²) in [5, 5.41) is 16.0. The van der Waals surface area contributed by atoms with Crippen LogP contribution in [-0.2, 0) is 21.4 Å². The van der Waals surface area contributed by atoms with Crippen LogP contribution in [-0.4, -0.2) is 27.0 Å². The molecule has 0 aliphatic carbocycles. The molecule has 0 aliphatic heterocycles. The number of aliphatic carboxylic acids is 1. The Morgan fingerprint density at radius 2 is 2.15 bits per heavy atom. The van der Waals surface area contributed by atoms with Gasteiger partial charge in [-0.2, -0.15) is 0 Å². The van der Waals surface area contributed by atoms with Crippen molar-refractivity contribution in [2.45, 2.75) is 25.7 Å². The molecule has 0 saturated carbocycles. The van der Waals surface area contributed by atoms with E-state index in [9.17, 15) is 9.59 Å². The summed E-state index contributed by atoms with van der Waals surface area (Å²) in [5.41, 5.74) is -0.322. The van der Waals surface area contributed by atoms with Gasteiger partial charge in [-0.15, -0.1) is 22.7 Å². The molecule has 20 heavy (non-hydrogen) atoms. The first-order chi connectivity index (χ1) is 9.39. The molecule has 1 amide bonds. The van der Waals surface area contributed by atoms with E-state index in [4.69, 9.17) is 5.11 Å². The van der Waals surface area contributed by atoms with Crippen LogP contribution in [0, 0.1) is 0 Å². The molecule has 0 saturated heterocycles. The summed E-state index contributed by atoms with van der Waals surface area (Å²) in [6.45, 7) is 3.57. The van der Waals surface area contributed by atoms with Crippen LogP contribution >= 0.6 is 22.7 Å².